The molecule has 0 atom stereocenters. The molecule has 5 nitrogen and oxygen atoms in total. The van der Waals surface area contributed by atoms with E-state index in [1.54, 1.807) is 27.7 Å². The van der Waals surface area contributed by atoms with Gasteiger partial charge in [-0.15, -0.1) is 0 Å². The van der Waals surface area contributed by atoms with Gasteiger partial charge in [-0.25, -0.2) is 13.1 Å². The highest BCUT2D eigenvalue weighted by atomic mass is 32.2. The third-order valence-corrected chi connectivity index (χ3v) is 4.89. The maximum atomic E-state index is 12.5. The first-order valence-corrected chi connectivity index (χ1v) is 7.74. The Balaban J connectivity index is 2.49. The number of nitrogens with zero attached hydrogens (tertiary/aromatic N) is 1. The van der Waals surface area contributed by atoms with Gasteiger partial charge in [0.15, 0.2) is 0 Å². The predicted octanol–water partition coefficient (Wildman–Crippen LogP) is 3.02. The van der Waals surface area contributed by atoms with E-state index in [4.69, 9.17) is 4.52 Å². The van der Waals surface area contributed by atoms with Gasteiger partial charge in [-0.3, -0.25) is 0 Å². The lowest BCUT2D eigenvalue weighted by Gasteiger charge is -2.12. The zero-order valence-electron chi connectivity index (χ0n) is 12.2. The topological polar surface area (TPSA) is 72.2 Å². The summed E-state index contributed by atoms with van der Waals surface area (Å²) in [5, 5.41) is 3.75. The lowest BCUT2D eigenvalue weighted by molar-refractivity contribution is 0.430. The van der Waals surface area contributed by atoms with Crippen molar-refractivity contribution in [2.45, 2.75) is 39.5 Å². The molecule has 1 aromatic carbocycles. The average Bonchev–Trinajstić information content (AvgIpc) is 2.58. The Bertz CT molecular complexity index is 738. The van der Waals surface area contributed by atoms with Crippen molar-refractivity contribution in [2.24, 2.45) is 0 Å². The van der Waals surface area contributed by atoms with E-state index in [0.717, 1.165) is 5.56 Å². The van der Waals surface area contributed by atoms with Gasteiger partial charge in [0, 0.05) is 5.56 Å². The van der Waals surface area contributed by atoms with E-state index in [-0.39, 0.29) is 10.8 Å². The van der Waals surface area contributed by atoms with Crippen LogP contribution in [-0.2, 0) is 10.0 Å². The zero-order valence-corrected chi connectivity index (χ0v) is 13.1. The van der Waals surface area contributed by atoms with Crippen LogP contribution in [0.2, 0.25) is 0 Å². The molecule has 0 spiro atoms. The molecule has 0 fully saturated rings. The predicted molar refractivity (Wildman–Crippen MR) is 77.4 cm³/mol. The first-order chi connectivity index (χ1) is 9.22. The maximum Gasteiger partial charge on any atom is 0.264 e. The molecule has 108 valence electrons. The molecule has 0 amide bonds. The van der Waals surface area contributed by atoms with E-state index in [2.05, 4.69) is 9.88 Å². The molecule has 0 radical (unpaired) electrons. The van der Waals surface area contributed by atoms with E-state index in [1.165, 1.54) is 0 Å². The normalized spacial score (nSPS) is 11.7. The van der Waals surface area contributed by atoms with Gasteiger partial charge in [0.05, 0.1) is 10.6 Å². The summed E-state index contributed by atoms with van der Waals surface area (Å²) in [6.07, 6.45) is 0. The number of hydrogen-bond donors (Lipinski definition) is 1. The fourth-order valence-corrected chi connectivity index (χ4v) is 3.78. The minimum absolute atomic E-state index is 0.168. The SMILES string of the molecule is Cc1cc(C)c(S(=O)(=O)Nc2onc(C)c2C)c(C)c1. The van der Waals surface area contributed by atoms with Crippen molar-refractivity contribution < 1.29 is 12.9 Å². The minimum atomic E-state index is -3.68. The monoisotopic (exact) mass is 294 g/mol. The second-order valence-corrected chi connectivity index (χ2v) is 6.67. The van der Waals surface area contributed by atoms with Gasteiger partial charge in [0.2, 0.25) is 5.88 Å². The molecule has 0 aliphatic rings. The van der Waals surface area contributed by atoms with Gasteiger partial charge in [-0.2, -0.15) is 0 Å². The van der Waals surface area contributed by atoms with Crippen LogP contribution in [0.15, 0.2) is 21.6 Å². The Labute approximate surface area is 119 Å². The molecule has 1 aromatic heterocycles. The highest BCUT2D eigenvalue weighted by Crippen LogP contribution is 2.26. The summed E-state index contributed by atoms with van der Waals surface area (Å²) in [4.78, 5) is 0.288. The van der Waals surface area contributed by atoms with Crippen molar-refractivity contribution in [3.05, 3.63) is 40.1 Å². The Morgan fingerprint density at radius 2 is 1.60 bits per heavy atom. The molecule has 0 aliphatic carbocycles. The average molecular weight is 294 g/mol. The molecule has 0 unspecified atom stereocenters. The summed E-state index contributed by atoms with van der Waals surface area (Å²) >= 11 is 0. The third kappa shape index (κ3) is 2.56. The highest BCUT2D eigenvalue weighted by molar-refractivity contribution is 7.92. The van der Waals surface area contributed by atoms with Crippen LogP contribution in [0.3, 0.4) is 0 Å². The fourth-order valence-electron chi connectivity index (χ4n) is 2.27. The highest BCUT2D eigenvalue weighted by Gasteiger charge is 2.23. The molecular formula is C14H18N2O3S. The van der Waals surface area contributed by atoms with E-state index in [0.29, 0.717) is 22.4 Å². The van der Waals surface area contributed by atoms with Crippen molar-refractivity contribution in [1.82, 2.24) is 5.16 Å². The van der Waals surface area contributed by atoms with Gasteiger partial charge in [-0.05, 0) is 45.7 Å². The summed E-state index contributed by atoms with van der Waals surface area (Å²) in [7, 11) is -3.68. The number of sulfonamides is 1. The van der Waals surface area contributed by atoms with Gasteiger partial charge in [0.1, 0.15) is 0 Å². The van der Waals surface area contributed by atoms with Crippen LogP contribution in [0.4, 0.5) is 5.88 Å². The second kappa shape index (κ2) is 4.94. The van der Waals surface area contributed by atoms with Crippen molar-refractivity contribution >= 4 is 15.9 Å². The van der Waals surface area contributed by atoms with Gasteiger partial charge in [-0.1, -0.05) is 22.9 Å². The fraction of sp³-hybridized carbons (Fsp3) is 0.357. The summed E-state index contributed by atoms with van der Waals surface area (Å²) in [6.45, 7) is 9.03. The van der Waals surface area contributed by atoms with Crippen LogP contribution in [0.5, 0.6) is 0 Å². The quantitative estimate of drug-likeness (QED) is 0.944. The minimum Gasteiger partial charge on any atom is -0.337 e. The lowest BCUT2D eigenvalue weighted by atomic mass is 10.1. The van der Waals surface area contributed by atoms with Crippen molar-refractivity contribution in [3.8, 4) is 0 Å². The largest absolute Gasteiger partial charge is 0.337 e. The van der Waals surface area contributed by atoms with Crippen LogP contribution in [-0.4, -0.2) is 13.6 Å². The van der Waals surface area contributed by atoms with Crippen LogP contribution < -0.4 is 4.72 Å². The van der Waals surface area contributed by atoms with Crippen LogP contribution in [0, 0.1) is 34.6 Å². The number of benzene rings is 1. The molecule has 0 saturated heterocycles. The number of aromatic nitrogens is 1. The van der Waals surface area contributed by atoms with E-state index in [1.807, 2.05) is 19.1 Å². The number of aryl methyl sites for hydroxylation is 4. The number of nitrogens with one attached hydrogen (secondary N) is 1. The van der Waals surface area contributed by atoms with Gasteiger partial charge >= 0.3 is 0 Å². The van der Waals surface area contributed by atoms with Crippen LogP contribution in [0.1, 0.15) is 27.9 Å². The third-order valence-electron chi connectivity index (χ3n) is 3.26. The van der Waals surface area contributed by atoms with Gasteiger partial charge in [0.25, 0.3) is 10.0 Å². The smallest absolute Gasteiger partial charge is 0.264 e. The Morgan fingerprint density at radius 1 is 1.05 bits per heavy atom. The van der Waals surface area contributed by atoms with Gasteiger partial charge < -0.3 is 4.52 Å². The molecule has 1 N–H and O–H groups in total. The van der Waals surface area contributed by atoms with E-state index >= 15 is 0 Å². The molecule has 0 aliphatic heterocycles. The Hall–Kier alpha value is -1.82. The lowest BCUT2D eigenvalue weighted by Crippen LogP contribution is -2.16. The first kappa shape index (κ1) is 14.6. The van der Waals surface area contributed by atoms with E-state index in [9.17, 15) is 8.42 Å². The molecule has 0 bridgehead atoms. The number of rotatable bonds is 3. The van der Waals surface area contributed by atoms with Crippen LogP contribution >= 0.6 is 0 Å². The summed E-state index contributed by atoms with van der Waals surface area (Å²) in [5.74, 6) is 0.168. The molecule has 6 heteroatoms. The molecule has 2 rings (SSSR count). The Morgan fingerprint density at radius 3 is 2.05 bits per heavy atom. The Kier molecular flexibility index (Phi) is 3.60. The molecular weight excluding hydrogens is 276 g/mol. The summed E-state index contributed by atoms with van der Waals surface area (Å²) in [5.41, 5.74) is 3.81. The standard InChI is InChI=1S/C14H18N2O3S/c1-8-6-9(2)13(10(3)7-8)20(17,18)16-14-11(4)12(5)15-19-14/h6-7,16H,1-5H3. The molecule has 2 aromatic rings. The summed E-state index contributed by atoms with van der Waals surface area (Å²) < 4.78 is 32.5. The molecule has 0 saturated carbocycles. The number of hydrogen-bond acceptors (Lipinski definition) is 4. The summed E-state index contributed by atoms with van der Waals surface area (Å²) in [6, 6.07) is 3.69. The molecule has 1 heterocycles. The molecule has 20 heavy (non-hydrogen) atoms. The second-order valence-electron chi connectivity index (χ2n) is 5.06. The first-order valence-electron chi connectivity index (χ1n) is 6.26. The van der Waals surface area contributed by atoms with Crippen molar-refractivity contribution in [2.75, 3.05) is 4.72 Å². The van der Waals surface area contributed by atoms with Crippen molar-refractivity contribution in [1.29, 1.82) is 0 Å². The zero-order chi connectivity index (χ0) is 15.1. The maximum absolute atomic E-state index is 12.5. The van der Waals surface area contributed by atoms with E-state index < -0.39 is 10.0 Å². The van der Waals surface area contributed by atoms with Crippen molar-refractivity contribution in [3.63, 3.8) is 0 Å². The number of anilines is 1. The van der Waals surface area contributed by atoms with Crippen LogP contribution in [0.25, 0.3) is 0 Å².